The summed E-state index contributed by atoms with van der Waals surface area (Å²) >= 11 is 1.23. The minimum absolute atomic E-state index is 0.0168. The number of aromatic nitrogens is 6. The Kier molecular flexibility index (Phi) is 6.31. The van der Waals surface area contributed by atoms with Crippen molar-refractivity contribution in [2.75, 3.05) is 23.5 Å². The Morgan fingerprint density at radius 1 is 1.24 bits per heavy atom. The fourth-order valence-corrected chi connectivity index (χ4v) is 4.70. The third-order valence-corrected chi connectivity index (χ3v) is 6.87. The van der Waals surface area contributed by atoms with Gasteiger partial charge in [0.05, 0.1) is 17.5 Å². The number of halogens is 2. The van der Waals surface area contributed by atoms with Crippen molar-refractivity contribution < 1.29 is 13.6 Å². The lowest BCUT2D eigenvalue weighted by molar-refractivity contribution is 0.0992. The van der Waals surface area contributed by atoms with E-state index in [9.17, 15) is 4.79 Å². The molecule has 0 radical (unpaired) electrons. The molecule has 1 aliphatic rings. The second-order valence-corrected chi connectivity index (χ2v) is 9.74. The number of amides is 1. The van der Waals surface area contributed by atoms with E-state index in [1.54, 1.807) is 19.4 Å². The summed E-state index contributed by atoms with van der Waals surface area (Å²) in [7, 11) is 3.09. The average molecular weight is 526 g/mol. The molecule has 0 atom stereocenters. The smallest absolute Gasteiger partial charge is 0.267 e. The van der Waals surface area contributed by atoms with Crippen molar-refractivity contribution in [1.82, 2.24) is 29.9 Å². The SMILES string of the molecule is CSc1cc(F)c(N(C)c2nc(Nc3cc(C)[nH]n3)c(C3CC3)c(-c3cnn(C)c3C(N)=O)n2)c(F)c1. The monoisotopic (exact) mass is 525 g/mol. The fraction of sp³-hybridized carbons (Fsp3) is 0.292. The first-order valence-electron chi connectivity index (χ1n) is 11.5. The number of primary amides is 1. The molecule has 1 aliphatic carbocycles. The third kappa shape index (κ3) is 4.61. The second kappa shape index (κ2) is 9.47. The number of nitrogens with zero attached hydrogens (tertiary/aromatic N) is 6. The highest BCUT2D eigenvalue weighted by atomic mass is 32.2. The zero-order valence-corrected chi connectivity index (χ0v) is 21.5. The molecule has 37 heavy (non-hydrogen) atoms. The second-order valence-electron chi connectivity index (χ2n) is 8.86. The number of carbonyl (C=O) groups is 1. The number of nitrogens with one attached hydrogen (secondary N) is 2. The van der Waals surface area contributed by atoms with Crippen molar-refractivity contribution >= 4 is 40.9 Å². The summed E-state index contributed by atoms with van der Waals surface area (Å²) in [5.41, 5.74) is 7.96. The van der Waals surface area contributed by atoms with Gasteiger partial charge in [-0.2, -0.15) is 15.2 Å². The normalized spacial score (nSPS) is 13.1. The van der Waals surface area contributed by atoms with Crippen molar-refractivity contribution in [3.63, 3.8) is 0 Å². The first kappa shape index (κ1) is 24.7. The van der Waals surface area contributed by atoms with Crippen LogP contribution in [0.15, 0.2) is 29.3 Å². The molecule has 5 rings (SSSR count). The van der Waals surface area contributed by atoms with Gasteiger partial charge in [0.15, 0.2) is 17.5 Å². The van der Waals surface area contributed by atoms with Gasteiger partial charge in [0.2, 0.25) is 5.95 Å². The number of aryl methyl sites for hydroxylation is 2. The Morgan fingerprint density at radius 2 is 1.95 bits per heavy atom. The Labute approximate surface area is 215 Å². The number of nitrogens with two attached hydrogens (primary N) is 1. The van der Waals surface area contributed by atoms with Crippen molar-refractivity contribution in [2.45, 2.75) is 30.6 Å². The molecule has 0 spiro atoms. The maximum absolute atomic E-state index is 15.0. The molecule has 4 N–H and O–H groups in total. The van der Waals surface area contributed by atoms with Gasteiger partial charge in [0, 0.05) is 36.3 Å². The molecule has 13 heteroatoms. The van der Waals surface area contributed by atoms with Crippen LogP contribution in [0.1, 0.15) is 40.5 Å². The lowest BCUT2D eigenvalue weighted by atomic mass is 10.0. The van der Waals surface area contributed by atoms with Crippen molar-refractivity contribution in [1.29, 1.82) is 0 Å². The van der Waals surface area contributed by atoms with Gasteiger partial charge in [-0.3, -0.25) is 14.6 Å². The molecular weight excluding hydrogens is 500 g/mol. The average Bonchev–Trinajstić information content (AvgIpc) is 3.49. The van der Waals surface area contributed by atoms with Crippen LogP contribution < -0.4 is 16.0 Å². The van der Waals surface area contributed by atoms with Gasteiger partial charge >= 0.3 is 0 Å². The van der Waals surface area contributed by atoms with E-state index in [2.05, 4.69) is 25.6 Å². The molecule has 3 heterocycles. The Bertz CT molecular complexity index is 1490. The Balaban J connectivity index is 1.73. The Morgan fingerprint density at radius 3 is 2.51 bits per heavy atom. The number of rotatable bonds is 8. The Hall–Kier alpha value is -4.00. The molecule has 0 saturated heterocycles. The molecule has 0 bridgehead atoms. The maximum Gasteiger partial charge on any atom is 0.267 e. The highest BCUT2D eigenvalue weighted by molar-refractivity contribution is 7.98. The fourth-order valence-electron chi connectivity index (χ4n) is 4.25. The standard InChI is InChI=1S/C24H25F2N9OS/c1-11-7-17(33-32-11)29-23-18(12-5-6-12)19(14-10-28-35(3)20(14)22(27)36)30-24(31-23)34(2)21-15(25)8-13(37-4)9-16(21)26/h7-10,12H,5-6H2,1-4H3,(H2,27,36)(H2,29,30,31,32,33). The van der Waals surface area contributed by atoms with E-state index in [0.29, 0.717) is 27.8 Å². The van der Waals surface area contributed by atoms with Gasteiger partial charge in [0.25, 0.3) is 5.91 Å². The van der Waals surface area contributed by atoms with Crippen LogP contribution in [0.3, 0.4) is 0 Å². The number of anilines is 4. The lowest BCUT2D eigenvalue weighted by Gasteiger charge is -2.22. The summed E-state index contributed by atoms with van der Waals surface area (Å²) in [5, 5.41) is 14.5. The molecular formula is C24H25F2N9OS. The molecule has 4 aromatic rings. The van der Waals surface area contributed by atoms with Crippen LogP contribution in [-0.4, -0.2) is 49.2 Å². The van der Waals surface area contributed by atoms with Gasteiger partial charge in [-0.05, 0) is 44.1 Å². The number of hydrogen-bond acceptors (Lipinski definition) is 8. The van der Waals surface area contributed by atoms with E-state index in [0.717, 1.165) is 24.1 Å². The van der Waals surface area contributed by atoms with Crippen molar-refractivity contribution in [3.8, 4) is 11.3 Å². The van der Waals surface area contributed by atoms with Crippen LogP contribution in [0, 0.1) is 18.6 Å². The minimum atomic E-state index is -0.750. The predicted molar refractivity (Wildman–Crippen MR) is 138 cm³/mol. The number of hydrogen-bond donors (Lipinski definition) is 3. The summed E-state index contributed by atoms with van der Waals surface area (Å²) in [6.45, 7) is 1.86. The zero-order chi connectivity index (χ0) is 26.4. The maximum atomic E-state index is 15.0. The number of thioether (sulfide) groups is 1. The summed E-state index contributed by atoms with van der Waals surface area (Å²) in [6, 6.07) is 4.33. The van der Waals surface area contributed by atoms with Crippen LogP contribution in [0.5, 0.6) is 0 Å². The molecule has 1 fully saturated rings. The van der Waals surface area contributed by atoms with Gasteiger partial charge in [0.1, 0.15) is 17.2 Å². The summed E-state index contributed by atoms with van der Waals surface area (Å²) in [6.07, 6.45) is 5.04. The quantitative estimate of drug-likeness (QED) is 0.289. The van der Waals surface area contributed by atoms with Crippen molar-refractivity contribution in [3.05, 3.63) is 53.0 Å². The first-order valence-corrected chi connectivity index (χ1v) is 12.7. The third-order valence-electron chi connectivity index (χ3n) is 6.16. The zero-order valence-electron chi connectivity index (χ0n) is 20.6. The topological polar surface area (TPSA) is 131 Å². The van der Waals surface area contributed by atoms with E-state index in [4.69, 9.17) is 10.7 Å². The molecule has 1 aromatic carbocycles. The largest absolute Gasteiger partial charge is 0.364 e. The number of H-pyrrole nitrogens is 1. The van der Waals surface area contributed by atoms with Gasteiger partial charge < -0.3 is 16.0 Å². The predicted octanol–water partition coefficient (Wildman–Crippen LogP) is 4.40. The minimum Gasteiger partial charge on any atom is -0.364 e. The molecule has 3 aromatic heterocycles. The molecule has 10 nitrogen and oxygen atoms in total. The summed E-state index contributed by atoms with van der Waals surface area (Å²) in [5.74, 6) is -1.11. The molecule has 192 valence electrons. The van der Waals surface area contributed by atoms with E-state index in [1.165, 1.54) is 46.7 Å². The summed E-state index contributed by atoms with van der Waals surface area (Å²) < 4.78 is 31.5. The van der Waals surface area contributed by atoms with Gasteiger partial charge in [-0.1, -0.05) is 0 Å². The van der Waals surface area contributed by atoms with Crippen molar-refractivity contribution in [2.24, 2.45) is 12.8 Å². The number of benzene rings is 1. The van der Waals surface area contributed by atoms with E-state index in [-0.39, 0.29) is 23.2 Å². The molecule has 0 aliphatic heterocycles. The van der Waals surface area contributed by atoms with Gasteiger partial charge in [-0.15, -0.1) is 11.8 Å². The highest BCUT2D eigenvalue weighted by Crippen LogP contribution is 2.48. The van der Waals surface area contributed by atoms with Crippen LogP contribution >= 0.6 is 11.8 Å². The van der Waals surface area contributed by atoms with Crippen LogP contribution in [0.2, 0.25) is 0 Å². The lowest BCUT2D eigenvalue weighted by Crippen LogP contribution is -2.20. The number of carbonyl (C=O) groups excluding carboxylic acids is 1. The van der Waals surface area contributed by atoms with Crippen LogP contribution in [0.4, 0.5) is 32.1 Å². The number of aromatic amines is 1. The van der Waals surface area contributed by atoms with Crippen LogP contribution in [-0.2, 0) is 7.05 Å². The summed E-state index contributed by atoms with van der Waals surface area (Å²) in [4.78, 5) is 23.4. The van der Waals surface area contributed by atoms with E-state index < -0.39 is 17.5 Å². The van der Waals surface area contributed by atoms with E-state index in [1.807, 2.05) is 6.92 Å². The first-order chi connectivity index (χ1) is 17.7. The highest BCUT2D eigenvalue weighted by Gasteiger charge is 2.34. The van der Waals surface area contributed by atoms with Crippen LogP contribution in [0.25, 0.3) is 11.3 Å². The molecule has 1 amide bonds. The van der Waals surface area contributed by atoms with E-state index >= 15 is 8.78 Å². The van der Waals surface area contributed by atoms with Gasteiger partial charge in [-0.25, -0.2) is 13.8 Å². The molecule has 0 unspecified atom stereocenters. The molecule has 1 saturated carbocycles.